The topological polar surface area (TPSA) is 29.9 Å². The van der Waals surface area contributed by atoms with Gasteiger partial charge in [0, 0.05) is 18.4 Å². The van der Waals surface area contributed by atoms with Crippen molar-refractivity contribution in [3.63, 3.8) is 0 Å². The lowest BCUT2D eigenvalue weighted by Crippen LogP contribution is -2.26. The molecule has 2 aromatic rings. The number of nitrogens with one attached hydrogen (secondary N) is 1. The highest BCUT2D eigenvalue weighted by Crippen LogP contribution is 2.45. The Morgan fingerprint density at radius 1 is 1.16 bits per heavy atom. The van der Waals surface area contributed by atoms with Crippen LogP contribution in [0.3, 0.4) is 0 Å². The second-order valence-corrected chi connectivity index (χ2v) is 5.91. The van der Waals surface area contributed by atoms with Crippen LogP contribution in [-0.2, 0) is 0 Å². The van der Waals surface area contributed by atoms with E-state index in [9.17, 15) is 0 Å². The summed E-state index contributed by atoms with van der Waals surface area (Å²) >= 11 is 0. The standard InChI is InChI=1S/C16H19N3/c1-2-4-16(19-8-7-17-11-19)14(3-1)18-15-10-12-5-6-13(15)9-12/h1-4,7-8,11-13,15,18H,5-6,9-10H2. The van der Waals surface area contributed by atoms with Crippen LogP contribution in [-0.4, -0.2) is 15.6 Å². The van der Waals surface area contributed by atoms with Crippen molar-refractivity contribution in [2.24, 2.45) is 11.8 Å². The molecular formula is C16H19N3. The van der Waals surface area contributed by atoms with E-state index in [-0.39, 0.29) is 0 Å². The number of benzene rings is 1. The third-order valence-corrected chi connectivity index (χ3v) is 4.77. The summed E-state index contributed by atoms with van der Waals surface area (Å²) in [5, 5.41) is 3.78. The molecule has 98 valence electrons. The van der Waals surface area contributed by atoms with E-state index in [1.165, 1.54) is 37.1 Å². The van der Waals surface area contributed by atoms with Crippen molar-refractivity contribution in [1.82, 2.24) is 9.55 Å². The van der Waals surface area contributed by atoms with E-state index in [1.807, 2.05) is 18.7 Å². The van der Waals surface area contributed by atoms with Gasteiger partial charge in [-0.05, 0) is 43.2 Å². The van der Waals surface area contributed by atoms with Gasteiger partial charge in [-0.1, -0.05) is 18.6 Å². The maximum atomic E-state index is 4.14. The number of rotatable bonds is 3. The zero-order valence-electron chi connectivity index (χ0n) is 11.0. The van der Waals surface area contributed by atoms with Crippen LogP contribution in [0, 0.1) is 11.8 Å². The summed E-state index contributed by atoms with van der Waals surface area (Å²) in [5.41, 5.74) is 2.43. The number of aromatic nitrogens is 2. The Bertz CT molecular complexity index is 561. The van der Waals surface area contributed by atoms with Gasteiger partial charge in [-0.2, -0.15) is 0 Å². The number of hydrogen-bond donors (Lipinski definition) is 1. The molecule has 0 radical (unpaired) electrons. The molecule has 4 rings (SSSR count). The average Bonchev–Trinajstić information content (AvgIpc) is 3.17. The van der Waals surface area contributed by atoms with E-state index in [1.54, 1.807) is 0 Å². The van der Waals surface area contributed by atoms with Crippen LogP contribution in [0.25, 0.3) is 5.69 Å². The van der Waals surface area contributed by atoms with Crippen molar-refractivity contribution in [1.29, 1.82) is 0 Å². The lowest BCUT2D eigenvalue weighted by Gasteiger charge is -2.25. The number of para-hydroxylation sites is 2. The Labute approximate surface area is 113 Å². The average molecular weight is 253 g/mol. The zero-order chi connectivity index (χ0) is 12.7. The molecule has 2 bridgehead atoms. The number of imidazole rings is 1. The van der Waals surface area contributed by atoms with Crippen molar-refractivity contribution in [3.05, 3.63) is 43.0 Å². The Kier molecular flexibility index (Phi) is 2.57. The molecular weight excluding hydrogens is 234 g/mol. The third kappa shape index (κ3) is 1.93. The quantitative estimate of drug-likeness (QED) is 0.907. The maximum Gasteiger partial charge on any atom is 0.0992 e. The lowest BCUT2D eigenvalue weighted by molar-refractivity contribution is 0.439. The molecule has 19 heavy (non-hydrogen) atoms. The summed E-state index contributed by atoms with van der Waals surface area (Å²) in [6.07, 6.45) is 11.3. The van der Waals surface area contributed by atoms with Gasteiger partial charge in [0.05, 0.1) is 17.7 Å². The van der Waals surface area contributed by atoms with Crippen LogP contribution in [0.5, 0.6) is 0 Å². The fraction of sp³-hybridized carbons (Fsp3) is 0.438. The van der Waals surface area contributed by atoms with Gasteiger partial charge in [-0.3, -0.25) is 0 Å². The first-order valence-electron chi connectivity index (χ1n) is 7.24. The number of fused-ring (bicyclic) bond motifs is 2. The fourth-order valence-electron chi connectivity index (χ4n) is 3.84. The third-order valence-electron chi connectivity index (χ3n) is 4.77. The van der Waals surface area contributed by atoms with Gasteiger partial charge in [0.1, 0.15) is 0 Å². The monoisotopic (exact) mass is 253 g/mol. The van der Waals surface area contributed by atoms with Crippen molar-refractivity contribution in [3.8, 4) is 5.69 Å². The Morgan fingerprint density at radius 2 is 2.11 bits per heavy atom. The predicted octanol–water partition coefficient (Wildman–Crippen LogP) is 3.47. The molecule has 3 nitrogen and oxygen atoms in total. The zero-order valence-corrected chi connectivity index (χ0v) is 11.0. The lowest BCUT2D eigenvalue weighted by atomic mass is 9.95. The van der Waals surface area contributed by atoms with Gasteiger partial charge >= 0.3 is 0 Å². The van der Waals surface area contributed by atoms with Crippen LogP contribution in [0.4, 0.5) is 5.69 Å². The molecule has 0 spiro atoms. The Hall–Kier alpha value is -1.77. The van der Waals surface area contributed by atoms with E-state index < -0.39 is 0 Å². The molecule has 1 heterocycles. The van der Waals surface area contributed by atoms with Crippen LogP contribution in [0.15, 0.2) is 43.0 Å². The highest BCUT2D eigenvalue weighted by molar-refractivity contribution is 5.61. The second-order valence-electron chi connectivity index (χ2n) is 5.91. The molecule has 0 aliphatic heterocycles. The summed E-state index contributed by atoms with van der Waals surface area (Å²) in [7, 11) is 0. The summed E-state index contributed by atoms with van der Waals surface area (Å²) < 4.78 is 2.08. The minimum atomic E-state index is 0.670. The van der Waals surface area contributed by atoms with Gasteiger partial charge in [0.2, 0.25) is 0 Å². The summed E-state index contributed by atoms with van der Waals surface area (Å²) in [4.78, 5) is 4.14. The van der Waals surface area contributed by atoms with Crippen LogP contribution in [0.1, 0.15) is 25.7 Å². The van der Waals surface area contributed by atoms with E-state index in [2.05, 4.69) is 39.1 Å². The van der Waals surface area contributed by atoms with E-state index in [0.29, 0.717) is 6.04 Å². The van der Waals surface area contributed by atoms with Crippen LogP contribution >= 0.6 is 0 Å². The minimum Gasteiger partial charge on any atom is -0.380 e. The first-order chi connectivity index (χ1) is 9.40. The van der Waals surface area contributed by atoms with Crippen molar-refractivity contribution in [2.45, 2.75) is 31.7 Å². The molecule has 2 aliphatic carbocycles. The summed E-state index contributed by atoms with van der Waals surface area (Å²) in [6, 6.07) is 9.19. The fourth-order valence-corrected chi connectivity index (χ4v) is 3.84. The Morgan fingerprint density at radius 3 is 2.84 bits per heavy atom. The van der Waals surface area contributed by atoms with Crippen LogP contribution < -0.4 is 5.32 Å². The smallest absolute Gasteiger partial charge is 0.0992 e. The highest BCUT2D eigenvalue weighted by atomic mass is 15.1. The maximum absolute atomic E-state index is 4.14. The number of anilines is 1. The van der Waals surface area contributed by atoms with Crippen molar-refractivity contribution >= 4 is 5.69 Å². The molecule has 2 fully saturated rings. The largest absolute Gasteiger partial charge is 0.380 e. The molecule has 1 aromatic carbocycles. The first kappa shape index (κ1) is 11.1. The van der Waals surface area contributed by atoms with Crippen molar-refractivity contribution in [2.75, 3.05) is 5.32 Å². The molecule has 3 heteroatoms. The molecule has 3 unspecified atom stereocenters. The van der Waals surface area contributed by atoms with E-state index in [4.69, 9.17) is 0 Å². The van der Waals surface area contributed by atoms with E-state index in [0.717, 1.165) is 11.8 Å². The molecule has 0 amide bonds. The van der Waals surface area contributed by atoms with Crippen molar-refractivity contribution < 1.29 is 0 Å². The summed E-state index contributed by atoms with van der Waals surface area (Å²) in [5.74, 6) is 1.86. The molecule has 3 atom stereocenters. The SMILES string of the molecule is c1ccc(-n2ccnc2)c(NC2CC3CCC2C3)c1. The van der Waals surface area contributed by atoms with Crippen LogP contribution in [0.2, 0.25) is 0 Å². The molecule has 0 saturated heterocycles. The number of nitrogens with zero attached hydrogens (tertiary/aromatic N) is 2. The second kappa shape index (κ2) is 4.41. The van der Waals surface area contributed by atoms with Gasteiger partial charge in [-0.25, -0.2) is 4.98 Å². The van der Waals surface area contributed by atoms with E-state index >= 15 is 0 Å². The molecule has 1 aromatic heterocycles. The van der Waals surface area contributed by atoms with Gasteiger partial charge in [0.15, 0.2) is 0 Å². The Balaban J connectivity index is 1.61. The van der Waals surface area contributed by atoms with Gasteiger partial charge in [0.25, 0.3) is 0 Å². The highest BCUT2D eigenvalue weighted by Gasteiger charge is 2.39. The molecule has 1 N–H and O–H groups in total. The molecule has 2 aliphatic rings. The first-order valence-corrected chi connectivity index (χ1v) is 7.24. The normalized spacial score (nSPS) is 28.7. The molecule has 2 saturated carbocycles. The minimum absolute atomic E-state index is 0.670. The number of hydrogen-bond acceptors (Lipinski definition) is 2. The summed E-state index contributed by atoms with van der Waals surface area (Å²) in [6.45, 7) is 0. The van der Waals surface area contributed by atoms with Gasteiger partial charge < -0.3 is 9.88 Å². The van der Waals surface area contributed by atoms with Gasteiger partial charge in [-0.15, -0.1) is 0 Å². The predicted molar refractivity (Wildman–Crippen MR) is 76.4 cm³/mol.